The fraction of sp³-hybridized carbons (Fsp3) is 0.600. The molecular weight excluding hydrogens is 485 g/mol. The molecule has 2 aromatic rings. The van der Waals surface area contributed by atoms with Crippen LogP contribution in [0.1, 0.15) is 64.3 Å². The van der Waals surface area contributed by atoms with Gasteiger partial charge in [-0.1, -0.05) is 6.07 Å². The molecule has 10 heteroatoms. The molecule has 0 radical (unpaired) electrons. The lowest BCUT2D eigenvalue weighted by Gasteiger charge is -2.30. The van der Waals surface area contributed by atoms with E-state index >= 15 is 0 Å². The van der Waals surface area contributed by atoms with Crippen LogP contribution < -0.4 is 15.9 Å². The van der Waals surface area contributed by atoms with E-state index in [-0.39, 0.29) is 18.2 Å². The topological polar surface area (TPSA) is 110 Å². The van der Waals surface area contributed by atoms with Crippen molar-refractivity contribution in [3.63, 3.8) is 0 Å². The number of hydrogen-bond acceptors (Lipinski definition) is 8. The first kappa shape index (κ1) is 27.8. The number of carbonyl (C=O) groups is 1. The number of rotatable bonds is 9. The van der Waals surface area contributed by atoms with E-state index in [1.54, 1.807) is 50.6 Å². The molecule has 0 saturated heterocycles. The van der Waals surface area contributed by atoms with E-state index < -0.39 is 19.6 Å². The summed E-state index contributed by atoms with van der Waals surface area (Å²) in [6, 6.07) is 5.70. The number of hydrogen-bond donors (Lipinski definition) is 3. The Labute approximate surface area is 212 Å². The molecule has 8 nitrogen and oxygen atoms in total. The van der Waals surface area contributed by atoms with Crippen LogP contribution in [0.15, 0.2) is 24.4 Å². The Hall–Kier alpha value is -1.77. The minimum atomic E-state index is -2.63. The number of nitrogens with one attached hydrogen (secondary N) is 2. The van der Waals surface area contributed by atoms with E-state index in [2.05, 4.69) is 10.6 Å². The van der Waals surface area contributed by atoms with Crippen LogP contribution in [0.3, 0.4) is 0 Å². The molecule has 0 aliphatic heterocycles. The predicted octanol–water partition coefficient (Wildman–Crippen LogP) is 5.33. The van der Waals surface area contributed by atoms with Crippen LogP contribution in [0.25, 0.3) is 10.4 Å². The largest absolute Gasteiger partial charge is 0.447 e. The van der Waals surface area contributed by atoms with Crippen molar-refractivity contribution in [2.24, 2.45) is 0 Å². The lowest BCUT2D eigenvalue weighted by molar-refractivity contribution is -0.150. The van der Waals surface area contributed by atoms with Crippen molar-refractivity contribution in [3.8, 4) is 10.4 Å². The van der Waals surface area contributed by atoms with E-state index in [4.69, 9.17) is 14.5 Å². The summed E-state index contributed by atoms with van der Waals surface area (Å²) >= 11 is 1.64. The van der Waals surface area contributed by atoms with Gasteiger partial charge >= 0.3 is 6.09 Å². The maximum Gasteiger partial charge on any atom is 0.411 e. The fourth-order valence-electron chi connectivity index (χ4n) is 4.23. The minimum Gasteiger partial charge on any atom is -0.447 e. The molecule has 1 fully saturated rings. The molecule has 1 unspecified atom stereocenters. The number of anilines is 1. The van der Waals surface area contributed by atoms with Crippen LogP contribution in [0.5, 0.6) is 0 Å². The van der Waals surface area contributed by atoms with Crippen molar-refractivity contribution in [2.75, 3.05) is 18.6 Å². The highest BCUT2D eigenvalue weighted by atomic mass is 32.1. The number of benzene rings is 1. The van der Waals surface area contributed by atoms with Gasteiger partial charge in [-0.3, -0.25) is 10.6 Å². The maximum absolute atomic E-state index is 13.1. The average Bonchev–Trinajstić information content (AvgIpc) is 3.22. The van der Waals surface area contributed by atoms with Crippen LogP contribution in [-0.2, 0) is 14.0 Å². The number of amides is 1. The van der Waals surface area contributed by atoms with Gasteiger partial charge in [-0.25, -0.2) is 9.78 Å². The van der Waals surface area contributed by atoms with Crippen LogP contribution in [0.2, 0.25) is 0 Å². The van der Waals surface area contributed by atoms with Crippen LogP contribution >= 0.6 is 18.5 Å². The van der Waals surface area contributed by atoms with Crippen molar-refractivity contribution in [1.82, 2.24) is 10.3 Å². The second-order valence-electron chi connectivity index (χ2n) is 9.98. The average molecular weight is 524 g/mol. The number of aliphatic hydroxyl groups excluding tert-OH is 1. The summed E-state index contributed by atoms with van der Waals surface area (Å²) in [6.07, 6.45) is 3.97. The maximum atomic E-state index is 13.1. The van der Waals surface area contributed by atoms with Gasteiger partial charge in [0, 0.05) is 34.7 Å². The molecule has 1 atom stereocenters. The number of ether oxygens (including phenoxy) is 2. The van der Waals surface area contributed by atoms with Gasteiger partial charge in [0.15, 0.2) is 0 Å². The lowest BCUT2D eigenvalue weighted by atomic mass is 9.86. The Kier molecular flexibility index (Phi) is 9.52. The molecule has 3 N–H and O–H groups in total. The molecule has 1 amide bonds. The second kappa shape index (κ2) is 12.0. The van der Waals surface area contributed by atoms with E-state index in [9.17, 15) is 14.5 Å². The molecule has 1 heterocycles. The molecule has 1 aromatic carbocycles. The normalized spacial score (nSPS) is 19.7. The fourth-order valence-corrected chi connectivity index (χ4v) is 6.66. The summed E-state index contributed by atoms with van der Waals surface area (Å²) in [5.41, 5.74) is 1.44. The van der Waals surface area contributed by atoms with E-state index in [1.165, 1.54) is 0 Å². The molecule has 1 aliphatic rings. The summed E-state index contributed by atoms with van der Waals surface area (Å²) in [6.45, 7) is 10.8. The molecule has 1 aliphatic carbocycles. The Morgan fingerprint density at radius 3 is 2.43 bits per heavy atom. The molecular formula is C25H38N3O5PS. The number of thiazole rings is 1. The monoisotopic (exact) mass is 523 g/mol. The van der Waals surface area contributed by atoms with Crippen molar-refractivity contribution >= 4 is 35.6 Å². The number of aliphatic hydroxyl groups is 1. The highest BCUT2D eigenvalue weighted by Crippen LogP contribution is 2.43. The third-order valence-electron chi connectivity index (χ3n) is 5.81. The zero-order valence-electron chi connectivity index (χ0n) is 21.4. The quantitative estimate of drug-likeness (QED) is 0.301. The minimum absolute atomic E-state index is 0.0345. The van der Waals surface area contributed by atoms with Gasteiger partial charge < -0.3 is 19.1 Å². The first-order valence-corrected chi connectivity index (χ1v) is 15.6. The zero-order valence-corrected chi connectivity index (χ0v) is 23.1. The van der Waals surface area contributed by atoms with Crippen molar-refractivity contribution in [1.29, 1.82) is 0 Å². The molecule has 194 valence electrons. The Balaban J connectivity index is 1.71. The van der Waals surface area contributed by atoms with Gasteiger partial charge in [-0.2, -0.15) is 0 Å². The Bertz CT molecular complexity index is 1040. The molecule has 1 saturated carbocycles. The Morgan fingerprint density at radius 2 is 1.83 bits per heavy atom. The zero-order chi connectivity index (χ0) is 25.8. The Morgan fingerprint density at radius 1 is 1.14 bits per heavy atom. The first-order valence-electron chi connectivity index (χ1n) is 12.1. The molecule has 35 heavy (non-hydrogen) atoms. The van der Waals surface area contributed by atoms with Crippen molar-refractivity contribution in [2.45, 2.75) is 84.0 Å². The van der Waals surface area contributed by atoms with E-state index in [0.717, 1.165) is 41.1 Å². The SMILES string of the molecule is CC(C)OC(=O)Nc1ccc(-c2cnc(C3CCC(NC(O)OC(C)C)CC3)s2)c(P(C)(C)=O)c1. The summed E-state index contributed by atoms with van der Waals surface area (Å²) < 4.78 is 23.7. The van der Waals surface area contributed by atoms with Gasteiger partial charge in [-0.15, -0.1) is 11.3 Å². The third kappa shape index (κ3) is 8.12. The van der Waals surface area contributed by atoms with Gasteiger partial charge in [0.05, 0.1) is 22.1 Å². The highest BCUT2D eigenvalue weighted by Gasteiger charge is 2.27. The van der Waals surface area contributed by atoms with E-state index in [1.807, 2.05) is 26.1 Å². The van der Waals surface area contributed by atoms with Gasteiger partial charge in [0.2, 0.25) is 6.41 Å². The number of nitrogens with zero attached hydrogens (tertiary/aromatic N) is 1. The highest BCUT2D eigenvalue weighted by molar-refractivity contribution is 7.70. The number of carbonyl (C=O) groups excluding carboxylic acids is 1. The standard InChI is InChI=1S/C25H38N3O5PS/c1-15(2)32-24(29)27-18-9-7-17(8-10-18)23-26-14-22(35-23)20-12-11-19(13-21(20)34(5,6)31)28-25(30)33-16(3)4/h11-18,24,27,29H,7-10H2,1-6H3,(H,28,30). The van der Waals surface area contributed by atoms with Gasteiger partial charge in [0.1, 0.15) is 7.14 Å². The summed E-state index contributed by atoms with van der Waals surface area (Å²) in [5.74, 6) is 0.361. The van der Waals surface area contributed by atoms with Crippen LogP contribution in [0.4, 0.5) is 10.5 Å². The third-order valence-corrected chi connectivity index (χ3v) is 8.54. The number of aromatic nitrogens is 1. The first-order chi connectivity index (χ1) is 16.4. The van der Waals surface area contributed by atoms with Gasteiger partial charge in [0.25, 0.3) is 0 Å². The lowest BCUT2D eigenvalue weighted by Crippen LogP contribution is -2.42. The van der Waals surface area contributed by atoms with Crippen molar-refractivity contribution in [3.05, 3.63) is 29.4 Å². The van der Waals surface area contributed by atoms with Crippen LogP contribution in [-0.4, -0.2) is 54.2 Å². The van der Waals surface area contributed by atoms with Crippen molar-refractivity contribution < 1.29 is 23.9 Å². The second-order valence-corrected chi connectivity index (χ2v) is 14.2. The van der Waals surface area contributed by atoms with Gasteiger partial charge in [-0.05, 0) is 78.8 Å². The van der Waals surface area contributed by atoms with Crippen LogP contribution in [0, 0.1) is 0 Å². The molecule has 0 bridgehead atoms. The molecule has 3 rings (SSSR count). The predicted molar refractivity (Wildman–Crippen MR) is 142 cm³/mol. The summed E-state index contributed by atoms with van der Waals surface area (Å²) in [5, 5.41) is 17.6. The molecule has 1 aromatic heterocycles. The smallest absolute Gasteiger partial charge is 0.411 e. The van der Waals surface area contributed by atoms with E-state index in [0.29, 0.717) is 16.9 Å². The summed E-state index contributed by atoms with van der Waals surface area (Å²) in [4.78, 5) is 17.7. The summed E-state index contributed by atoms with van der Waals surface area (Å²) in [7, 11) is -2.63. The molecule has 0 spiro atoms.